The molecule has 1 amide bonds. The topological polar surface area (TPSA) is 90.3 Å². The quantitative estimate of drug-likeness (QED) is 0.232. The number of benzene rings is 3. The van der Waals surface area contributed by atoms with Crippen molar-refractivity contribution in [3.63, 3.8) is 0 Å². The summed E-state index contributed by atoms with van der Waals surface area (Å²) in [5, 5.41) is 11.8. The molecule has 8 nitrogen and oxygen atoms in total. The third kappa shape index (κ3) is 5.64. The fourth-order valence-electron chi connectivity index (χ4n) is 4.71. The molecule has 0 fully saturated rings. The zero-order chi connectivity index (χ0) is 28.4. The summed E-state index contributed by atoms with van der Waals surface area (Å²) in [4.78, 5) is 18.1. The second-order valence-electron chi connectivity index (χ2n) is 9.53. The molecule has 40 heavy (non-hydrogen) atoms. The highest BCUT2D eigenvalue weighted by Gasteiger charge is 2.34. The van der Waals surface area contributed by atoms with Crippen LogP contribution in [0.1, 0.15) is 42.1 Å². The van der Waals surface area contributed by atoms with Crippen molar-refractivity contribution in [1.82, 2.24) is 14.8 Å². The molecule has 0 saturated heterocycles. The standard InChI is InChI=1S/C30H29Cl2N5O3/c1-5-39-26-13-20(8-11-25(26)40-15-21-7-9-22(31)14-23(21)32)28-27(19(4)35-30-33-16-34-37(28)30)29(38)36-24-10-6-17(2)12-18(24)3/h6-14,16,28H,5,15H2,1-4H3,(H,36,38)(H,33,34,35). The molecule has 2 heterocycles. The minimum absolute atomic E-state index is 0.235. The molecule has 10 heteroatoms. The monoisotopic (exact) mass is 577 g/mol. The van der Waals surface area contributed by atoms with Crippen molar-refractivity contribution in [2.45, 2.75) is 40.3 Å². The molecule has 3 aromatic carbocycles. The normalized spacial score (nSPS) is 14.4. The number of anilines is 2. The van der Waals surface area contributed by atoms with Gasteiger partial charge in [-0.05, 0) is 69.2 Å². The molecule has 1 atom stereocenters. The van der Waals surface area contributed by atoms with E-state index in [0.29, 0.717) is 45.4 Å². The summed E-state index contributed by atoms with van der Waals surface area (Å²) in [5.41, 5.74) is 5.64. The van der Waals surface area contributed by atoms with Crippen molar-refractivity contribution in [3.8, 4) is 11.5 Å². The Kier molecular flexibility index (Phi) is 8.00. The zero-order valence-electron chi connectivity index (χ0n) is 22.6. The lowest BCUT2D eigenvalue weighted by Crippen LogP contribution is -2.31. The summed E-state index contributed by atoms with van der Waals surface area (Å²) in [5.74, 6) is 1.39. The van der Waals surface area contributed by atoms with Crippen molar-refractivity contribution < 1.29 is 14.3 Å². The number of nitrogens with zero attached hydrogens (tertiary/aromatic N) is 3. The fourth-order valence-corrected chi connectivity index (χ4v) is 5.18. The molecular weight excluding hydrogens is 549 g/mol. The van der Waals surface area contributed by atoms with Crippen LogP contribution in [-0.4, -0.2) is 27.3 Å². The predicted molar refractivity (Wildman–Crippen MR) is 157 cm³/mol. The number of halogens is 2. The fraction of sp³-hybridized carbons (Fsp3) is 0.233. The molecule has 1 unspecified atom stereocenters. The van der Waals surface area contributed by atoms with E-state index in [0.717, 1.165) is 27.9 Å². The van der Waals surface area contributed by atoms with E-state index in [1.54, 1.807) is 16.8 Å². The van der Waals surface area contributed by atoms with E-state index in [-0.39, 0.29) is 12.5 Å². The molecule has 1 aliphatic rings. The number of hydrogen-bond donors (Lipinski definition) is 2. The van der Waals surface area contributed by atoms with Gasteiger partial charge in [0.2, 0.25) is 5.95 Å². The summed E-state index contributed by atoms with van der Waals surface area (Å²) in [6.45, 7) is 8.42. The first-order chi connectivity index (χ1) is 19.2. The molecule has 0 aliphatic carbocycles. The van der Waals surface area contributed by atoms with Gasteiger partial charge < -0.3 is 20.1 Å². The Balaban J connectivity index is 1.49. The van der Waals surface area contributed by atoms with Crippen molar-refractivity contribution in [1.29, 1.82) is 0 Å². The third-order valence-corrected chi connectivity index (χ3v) is 7.24. The van der Waals surface area contributed by atoms with Crippen molar-refractivity contribution >= 4 is 40.7 Å². The van der Waals surface area contributed by atoms with E-state index in [9.17, 15) is 4.79 Å². The van der Waals surface area contributed by atoms with Gasteiger partial charge in [-0.25, -0.2) is 4.68 Å². The predicted octanol–water partition coefficient (Wildman–Crippen LogP) is 7.11. The largest absolute Gasteiger partial charge is 0.490 e. The average molecular weight is 579 g/mol. The van der Waals surface area contributed by atoms with Crippen molar-refractivity contribution in [2.24, 2.45) is 0 Å². The average Bonchev–Trinajstić information content (AvgIpc) is 3.37. The number of carbonyl (C=O) groups excluding carboxylic acids is 1. The number of fused-ring (bicyclic) bond motifs is 1. The Labute approximate surface area is 242 Å². The molecule has 1 aliphatic heterocycles. The van der Waals surface area contributed by atoms with Gasteiger partial charge in [-0.2, -0.15) is 10.1 Å². The van der Waals surface area contributed by atoms with Gasteiger partial charge in [-0.15, -0.1) is 0 Å². The first-order valence-electron chi connectivity index (χ1n) is 12.8. The van der Waals surface area contributed by atoms with Gasteiger partial charge in [0.05, 0.1) is 12.2 Å². The van der Waals surface area contributed by atoms with Gasteiger partial charge in [0, 0.05) is 27.0 Å². The Bertz CT molecular complexity index is 1610. The van der Waals surface area contributed by atoms with Crippen LogP contribution < -0.4 is 20.1 Å². The molecule has 0 radical (unpaired) electrons. The second-order valence-corrected chi connectivity index (χ2v) is 10.4. The number of allylic oxidation sites excluding steroid dienone is 1. The van der Waals surface area contributed by atoms with Gasteiger partial charge in [-0.1, -0.05) is 53.0 Å². The minimum Gasteiger partial charge on any atom is -0.490 e. The highest BCUT2D eigenvalue weighted by atomic mass is 35.5. The first-order valence-corrected chi connectivity index (χ1v) is 13.6. The number of hydrogen-bond acceptors (Lipinski definition) is 6. The Morgan fingerprint density at radius 2 is 1.85 bits per heavy atom. The van der Waals surface area contributed by atoms with Crippen LogP contribution in [0.5, 0.6) is 11.5 Å². The van der Waals surface area contributed by atoms with Crippen LogP contribution in [0.15, 0.2) is 72.2 Å². The molecular formula is C30H29Cl2N5O3. The molecule has 5 rings (SSSR count). The van der Waals surface area contributed by atoms with Crippen LogP contribution >= 0.6 is 23.2 Å². The van der Waals surface area contributed by atoms with Crippen LogP contribution in [-0.2, 0) is 11.4 Å². The highest BCUT2D eigenvalue weighted by molar-refractivity contribution is 6.35. The maximum Gasteiger partial charge on any atom is 0.255 e. The molecule has 2 N–H and O–H groups in total. The van der Waals surface area contributed by atoms with E-state index in [1.807, 2.05) is 70.2 Å². The number of rotatable bonds is 8. The molecule has 206 valence electrons. The van der Waals surface area contributed by atoms with Crippen molar-refractivity contribution in [3.05, 3.63) is 104 Å². The maximum atomic E-state index is 13.8. The molecule has 0 spiro atoms. The number of nitrogens with one attached hydrogen (secondary N) is 2. The summed E-state index contributed by atoms with van der Waals surface area (Å²) in [6, 6.07) is 16.3. The Hall–Kier alpha value is -4.01. The van der Waals surface area contributed by atoms with Crippen LogP contribution in [0.3, 0.4) is 0 Å². The third-order valence-electron chi connectivity index (χ3n) is 6.65. The lowest BCUT2D eigenvalue weighted by molar-refractivity contribution is -0.113. The Morgan fingerprint density at radius 1 is 1.02 bits per heavy atom. The summed E-state index contributed by atoms with van der Waals surface area (Å²) < 4.78 is 13.8. The van der Waals surface area contributed by atoms with E-state index in [1.165, 1.54) is 6.33 Å². The van der Waals surface area contributed by atoms with Crippen LogP contribution in [0.25, 0.3) is 0 Å². The lowest BCUT2D eigenvalue weighted by Gasteiger charge is -2.29. The van der Waals surface area contributed by atoms with Gasteiger partial charge in [-0.3, -0.25) is 4.79 Å². The van der Waals surface area contributed by atoms with Gasteiger partial charge in [0.1, 0.15) is 19.0 Å². The molecule has 0 bridgehead atoms. The van der Waals surface area contributed by atoms with Crippen LogP contribution in [0.4, 0.5) is 11.6 Å². The number of amides is 1. The molecule has 4 aromatic rings. The van der Waals surface area contributed by atoms with Gasteiger partial charge in [0.15, 0.2) is 11.5 Å². The summed E-state index contributed by atoms with van der Waals surface area (Å²) >= 11 is 12.4. The number of aryl methyl sites for hydroxylation is 2. The first kappa shape index (κ1) is 27.6. The second kappa shape index (κ2) is 11.6. The maximum absolute atomic E-state index is 13.8. The summed E-state index contributed by atoms with van der Waals surface area (Å²) in [6.07, 6.45) is 1.46. The van der Waals surface area contributed by atoms with E-state index in [2.05, 4.69) is 20.7 Å². The smallest absolute Gasteiger partial charge is 0.255 e. The zero-order valence-corrected chi connectivity index (χ0v) is 24.1. The summed E-state index contributed by atoms with van der Waals surface area (Å²) in [7, 11) is 0. The van der Waals surface area contributed by atoms with E-state index < -0.39 is 6.04 Å². The van der Waals surface area contributed by atoms with Gasteiger partial charge >= 0.3 is 0 Å². The van der Waals surface area contributed by atoms with E-state index >= 15 is 0 Å². The van der Waals surface area contributed by atoms with Gasteiger partial charge in [0.25, 0.3) is 5.91 Å². The Morgan fingerprint density at radius 3 is 2.60 bits per heavy atom. The van der Waals surface area contributed by atoms with Crippen LogP contribution in [0.2, 0.25) is 10.0 Å². The number of ether oxygens (including phenoxy) is 2. The van der Waals surface area contributed by atoms with Crippen molar-refractivity contribution in [2.75, 3.05) is 17.2 Å². The van der Waals surface area contributed by atoms with E-state index in [4.69, 9.17) is 32.7 Å². The molecule has 1 aromatic heterocycles. The lowest BCUT2D eigenvalue weighted by atomic mass is 9.94. The van der Waals surface area contributed by atoms with Crippen LogP contribution in [0, 0.1) is 13.8 Å². The minimum atomic E-state index is -0.552. The number of aromatic nitrogens is 3. The molecule has 0 saturated carbocycles. The SMILES string of the molecule is CCOc1cc(C2C(C(=O)Nc3ccc(C)cc3C)=C(C)Nc3ncnn32)ccc1OCc1ccc(Cl)cc1Cl. The number of carbonyl (C=O) groups is 1. The highest BCUT2D eigenvalue weighted by Crippen LogP contribution is 2.39.